The normalized spacial score (nSPS) is 10.3. The third-order valence-electron chi connectivity index (χ3n) is 4.60. The van der Waals surface area contributed by atoms with Crippen LogP contribution in [0.15, 0.2) is 42.9 Å². The number of nitrogens with one attached hydrogen (secondary N) is 1. The highest BCUT2D eigenvalue weighted by Crippen LogP contribution is 2.39. The SMILES string of the molecule is CC.COc1cc(-n2cnc(Nc3nc(Cl)nc4cc(C)ccc34)c2)cc(OC)c1OC. The summed E-state index contributed by atoms with van der Waals surface area (Å²) in [6.07, 6.45) is 3.51. The van der Waals surface area contributed by atoms with Crippen LogP contribution in [0.5, 0.6) is 17.2 Å². The van der Waals surface area contributed by atoms with Crippen molar-refractivity contribution in [2.24, 2.45) is 0 Å². The van der Waals surface area contributed by atoms with Crippen LogP contribution in [0.3, 0.4) is 0 Å². The summed E-state index contributed by atoms with van der Waals surface area (Å²) in [5, 5.41) is 4.24. The summed E-state index contributed by atoms with van der Waals surface area (Å²) < 4.78 is 18.1. The van der Waals surface area contributed by atoms with Crippen molar-refractivity contribution in [2.45, 2.75) is 20.8 Å². The lowest BCUT2D eigenvalue weighted by molar-refractivity contribution is 0.324. The van der Waals surface area contributed by atoms with E-state index in [0.29, 0.717) is 28.9 Å². The van der Waals surface area contributed by atoms with Gasteiger partial charge in [-0.1, -0.05) is 19.9 Å². The second-order valence-corrected chi connectivity index (χ2v) is 6.87. The maximum absolute atomic E-state index is 6.11. The Morgan fingerprint density at radius 1 is 0.938 bits per heavy atom. The summed E-state index contributed by atoms with van der Waals surface area (Å²) in [6, 6.07) is 9.60. The van der Waals surface area contributed by atoms with Crippen molar-refractivity contribution in [3.8, 4) is 22.9 Å². The lowest BCUT2D eigenvalue weighted by atomic mass is 10.1. The second kappa shape index (κ2) is 10.2. The van der Waals surface area contributed by atoms with Crippen LogP contribution in [0.1, 0.15) is 19.4 Å². The monoisotopic (exact) mass is 455 g/mol. The number of hydrogen-bond acceptors (Lipinski definition) is 7. The van der Waals surface area contributed by atoms with E-state index in [4.69, 9.17) is 25.8 Å². The molecule has 1 N–H and O–H groups in total. The van der Waals surface area contributed by atoms with Gasteiger partial charge < -0.3 is 24.1 Å². The molecule has 8 nitrogen and oxygen atoms in total. The van der Waals surface area contributed by atoms with Crippen LogP contribution >= 0.6 is 11.6 Å². The van der Waals surface area contributed by atoms with Crippen molar-refractivity contribution < 1.29 is 14.2 Å². The number of methoxy groups -OCH3 is 3. The Hall–Kier alpha value is -3.52. The number of hydrogen-bond donors (Lipinski definition) is 1. The summed E-state index contributed by atoms with van der Waals surface area (Å²) in [4.78, 5) is 13.0. The summed E-state index contributed by atoms with van der Waals surface area (Å²) in [7, 11) is 4.72. The number of ether oxygens (including phenoxy) is 3. The first-order chi connectivity index (χ1) is 15.5. The van der Waals surface area contributed by atoms with Gasteiger partial charge in [-0.05, 0) is 36.2 Å². The molecule has 2 heterocycles. The predicted molar refractivity (Wildman–Crippen MR) is 127 cm³/mol. The first kappa shape index (κ1) is 23.1. The van der Waals surface area contributed by atoms with Crippen molar-refractivity contribution >= 4 is 34.1 Å². The molecular formula is C23H26ClN5O3. The number of anilines is 2. The Kier molecular flexibility index (Phi) is 7.37. The average Bonchev–Trinajstić information content (AvgIpc) is 3.27. The van der Waals surface area contributed by atoms with Crippen LogP contribution in [-0.4, -0.2) is 40.8 Å². The van der Waals surface area contributed by atoms with E-state index >= 15 is 0 Å². The van der Waals surface area contributed by atoms with Gasteiger partial charge in [-0.15, -0.1) is 0 Å². The molecule has 0 saturated heterocycles. The Morgan fingerprint density at radius 3 is 2.25 bits per heavy atom. The zero-order chi connectivity index (χ0) is 23.3. The van der Waals surface area contributed by atoms with Gasteiger partial charge in [0.2, 0.25) is 11.0 Å². The van der Waals surface area contributed by atoms with E-state index in [1.165, 1.54) is 0 Å². The maximum atomic E-state index is 6.11. The molecule has 0 fully saturated rings. The highest BCUT2D eigenvalue weighted by molar-refractivity contribution is 6.28. The van der Waals surface area contributed by atoms with Crippen molar-refractivity contribution in [1.29, 1.82) is 0 Å². The van der Waals surface area contributed by atoms with Crippen LogP contribution in [0.2, 0.25) is 5.28 Å². The Labute approximate surface area is 192 Å². The van der Waals surface area contributed by atoms with E-state index in [-0.39, 0.29) is 5.28 Å². The number of rotatable bonds is 6. The summed E-state index contributed by atoms with van der Waals surface area (Å²) in [5.74, 6) is 2.82. The van der Waals surface area contributed by atoms with Gasteiger partial charge in [-0.3, -0.25) is 0 Å². The van der Waals surface area contributed by atoms with Gasteiger partial charge in [-0.2, -0.15) is 4.98 Å². The fourth-order valence-electron chi connectivity index (χ4n) is 3.17. The minimum absolute atomic E-state index is 0.166. The topological polar surface area (TPSA) is 83.3 Å². The van der Waals surface area contributed by atoms with E-state index < -0.39 is 0 Å². The average molecular weight is 456 g/mol. The number of aromatic nitrogens is 4. The van der Waals surface area contributed by atoms with E-state index in [1.807, 2.05) is 61.9 Å². The van der Waals surface area contributed by atoms with Gasteiger partial charge in [0.05, 0.1) is 38.7 Å². The lowest BCUT2D eigenvalue weighted by Crippen LogP contribution is -1.99. The molecule has 0 spiro atoms. The fourth-order valence-corrected chi connectivity index (χ4v) is 3.35. The van der Waals surface area contributed by atoms with E-state index in [2.05, 4.69) is 20.3 Å². The van der Waals surface area contributed by atoms with E-state index in [9.17, 15) is 0 Å². The van der Waals surface area contributed by atoms with Gasteiger partial charge in [0.15, 0.2) is 11.5 Å². The maximum Gasteiger partial charge on any atom is 0.224 e. The molecular weight excluding hydrogens is 430 g/mol. The number of nitrogens with zero attached hydrogens (tertiary/aromatic N) is 4. The smallest absolute Gasteiger partial charge is 0.224 e. The molecule has 9 heteroatoms. The summed E-state index contributed by atoms with van der Waals surface area (Å²) in [6.45, 7) is 6.00. The predicted octanol–water partition coefficient (Wildman–Crippen LogP) is 5.57. The summed E-state index contributed by atoms with van der Waals surface area (Å²) in [5.41, 5.74) is 2.66. The minimum Gasteiger partial charge on any atom is -0.493 e. The summed E-state index contributed by atoms with van der Waals surface area (Å²) >= 11 is 6.11. The number of imidazole rings is 1. The molecule has 0 aliphatic rings. The number of benzene rings is 2. The van der Waals surface area contributed by atoms with Gasteiger partial charge in [0, 0.05) is 17.5 Å². The Bertz CT molecular complexity index is 1200. The number of fused-ring (bicyclic) bond motifs is 1. The number of aryl methyl sites for hydroxylation is 1. The van der Waals surface area contributed by atoms with Gasteiger partial charge in [-0.25, -0.2) is 9.97 Å². The molecule has 0 radical (unpaired) electrons. The molecule has 0 aliphatic heterocycles. The second-order valence-electron chi connectivity index (χ2n) is 6.54. The van der Waals surface area contributed by atoms with Crippen molar-refractivity contribution in [2.75, 3.05) is 26.6 Å². The molecule has 0 saturated carbocycles. The molecule has 0 amide bonds. The number of halogens is 1. The highest BCUT2D eigenvalue weighted by Gasteiger charge is 2.15. The highest BCUT2D eigenvalue weighted by atomic mass is 35.5. The van der Waals surface area contributed by atoms with Crippen LogP contribution < -0.4 is 19.5 Å². The quantitative estimate of drug-likeness (QED) is 0.380. The Morgan fingerprint density at radius 2 is 1.62 bits per heavy atom. The molecule has 0 atom stereocenters. The molecule has 0 aliphatic carbocycles. The first-order valence-corrected chi connectivity index (χ1v) is 10.5. The van der Waals surface area contributed by atoms with Crippen LogP contribution in [-0.2, 0) is 0 Å². The molecule has 2 aromatic heterocycles. The molecule has 4 aromatic rings. The third-order valence-corrected chi connectivity index (χ3v) is 4.77. The molecule has 0 bridgehead atoms. The van der Waals surface area contributed by atoms with Crippen molar-refractivity contribution in [3.63, 3.8) is 0 Å². The van der Waals surface area contributed by atoms with Gasteiger partial charge in [0.25, 0.3) is 0 Å². The lowest BCUT2D eigenvalue weighted by Gasteiger charge is -2.14. The standard InChI is InChI=1S/C21H20ClN5O3.C2H6/c1-12-5-6-14-15(7-12)24-21(22)26-20(14)25-18-10-27(11-23-18)13-8-16(28-2)19(30-4)17(9-13)29-3;1-2/h5-11H,1-4H3,(H,24,25,26);1-2H3. The zero-order valence-electron chi connectivity index (χ0n) is 18.9. The van der Waals surface area contributed by atoms with Gasteiger partial charge >= 0.3 is 0 Å². The zero-order valence-corrected chi connectivity index (χ0v) is 19.7. The Balaban J connectivity index is 0.00000141. The van der Waals surface area contributed by atoms with E-state index in [1.54, 1.807) is 27.7 Å². The van der Waals surface area contributed by atoms with Crippen molar-refractivity contribution in [3.05, 3.63) is 53.7 Å². The fraction of sp³-hybridized carbons (Fsp3) is 0.261. The molecule has 4 rings (SSSR count). The third kappa shape index (κ3) is 4.70. The first-order valence-electron chi connectivity index (χ1n) is 10.1. The molecule has 0 unspecified atom stereocenters. The van der Waals surface area contributed by atoms with Gasteiger partial charge in [0.1, 0.15) is 18.0 Å². The molecule has 168 valence electrons. The van der Waals surface area contributed by atoms with Crippen LogP contribution in [0, 0.1) is 6.92 Å². The molecule has 32 heavy (non-hydrogen) atoms. The van der Waals surface area contributed by atoms with Crippen molar-refractivity contribution in [1.82, 2.24) is 19.5 Å². The van der Waals surface area contributed by atoms with Crippen LogP contribution in [0.4, 0.5) is 11.6 Å². The van der Waals surface area contributed by atoms with E-state index in [0.717, 1.165) is 22.2 Å². The minimum atomic E-state index is 0.166. The largest absolute Gasteiger partial charge is 0.493 e. The molecule has 2 aromatic carbocycles. The van der Waals surface area contributed by atoms with Crippen LogP contribution in [0.25, 0.3) is 16.6 Å².